The predicted molar refractivity (Wildman–Crippen MR) is 138 cm³/mol. The fourth-order valence-corrected chi connectivity index (χ4v) is 4.07. The third kappa shape index (κ3) is 5.23. The molecule has 0 spiro atoms. The van der Waals surface area contributed by atoms with E-state index in [1.54, 1.807) is 24.3 Å². The van der Waals surface area contributed by atoms with Crippen molar-refractivity contribution in [2.45, 2.75) is 13.2 Å². The van der Waals surface area contributed by atoms with E-state index < -0.39 is 0 Å². The summed E-state index contributed by atoms with van der Waals surface area (Å²) in [4.78, 5) is 26.5. The molecular weight excluding hydrogens is 452 g/mol. The molecule has 0 fully saturated rings. The number of hydrogen-bond donors (Lipinski definition) is 1. The topological polar surface area (TPSA) is 67.9 Å². The second-order valence-corrected chi connectivity index (χ2v) is 8.44. The van der Waals surface area contributed by atoms with Gasteiger partial charge in [0.15, 0.2) is 11.5 Å². The lowest BCUT2D eigenvalue weighted by Crippen LogP contribution is -2.34. The minimum atomic E-state index is -0.256. The van der Waals surface area contributed by atoms with E-state index in [9.17, 15) is 9.59 Å². The van der Waals surface area contributed by atoms with Crippen LogP contribution in [0.5, 0.6) is 11.5 Å². The highest BCUT2D eigenvalue weighted by Gasteiger charge is 2.34. The Bertz CT molecular complexity index is 1320. The molecule has 1 heterocycles. The summed E-state index contributed by atoms with van der Waals surface area (Å²) >= 11 is 0. The maximum atomic E-state index is 12.6. The number of rotatable bonds is 10. The van der Waals surface area contributed by atoms with Crippen molar-refractivity contribution < 1.29 is 19.1 Å². The molecule has 0 saturated heterocycles. The molecule has 4 aromatic carbocycles. The highest BCUT2D eigenvalue weighted by molar-refractivity contribution is 6.21. The molecule has 1 aliphatic heterocycles. The van der Waals surface area contributed by atoms with Crippen molar-refractivity contribution in [3.63, 3.8) is 0 Å². The number of nitrogens with one attached hydrogen (secondary N) is 1. The van der Waals surface area contributed by atoms with Gasteiger partial charge in [0.25, 0.3) is 11.8 Å². The molecule has 0 radical (unpaired) electrons. The number of anilines is 1. The van der Waals surface area contributed by atoms with E-state index in [1.807, 2.05) is 78.9 Å². The monoisotopic (exact) mass is 478 g/mol. The number of nitrogens with zero attached hydrogens (tertiary/aromatic N) is 1. The number of imide groups is 1. The second kappa shape index (κ2) is 10.8. The van der Waals surface area contributed by atoms with Gasteiger partial charge in [-0.3, -0.25) is 14.5 Å². The lowest BCUT2D eigenvalue weighted by molar-refractivity contribution is 0.0660. The van der Waals surface area contributed by atoms with Crippen LogP contribution in [0.4, 0.5) is 5.69 Å². The lowest BCUT2D eigenvalue weighted by atomic mass is 10.1. The largest absolute Gasteiger partial charge is 0.485 e. The third-order valence-electron chi connectivity index (χ3n) is 5.96. The van der Waals surface area contributed by atoms with Gasteiger partial charge in [-0.25, -0.2) is 0 Å². The highest BCUT2D eigenvalue weighted by atomic mass is 16.5. The van der Waals surface area contributed by atoms with Gasteiger partial charge >= 0.3 is 0 Å². The molecule has 0 saturated carbocycles. The molecule has 6 nitrogen and oxygen atoms in total. The van der Waals surface area contributed by atoms with Crippen LogP contribution in [0.25, 0.3) is 0 Å². The smallest absolute Gasteiger partial charge is 0.261 e. The van der Waals surface area contributed by atoms with Gasteiger partial charge in [0, 0.05) is 24.8 Å². The predicted octanol–water partition coefficient (Wildman–Crippen LogP) is 5.55. The lowest BCUT2D eigenvalue weighted by Gasteiger charge is -2.17. The Kier molecular flexibility index (Phi) is 6.94. The van der Waals surface area contributed by atoms with Crippen LogP contribution in [0.3, 0.4) is 0 Å². The Balaban J connectivity index is 1.25. The second-order valence-electron chi connectivity index (χ2n) is 8.44. The van der Waals surface area contributed by atoms with Crippen molar-refractivity contribution in [1.82, 2.24) is 4.90 Å². The van der Waals surface area contributed by atoms with Crippen molar-refractivity contribution in [2.24, 2.45) is 0 Å². The molecule has 0 bridgehead atoms. The fourth-order valence-electron chi connectivity index (χ4n) is 4.07. The summed E-state index contributed by atoms with van der Waals surface area (Å²) in [6.07, 6.45) is 0. The van der Waals surface area contributed by atoms with Gasteiger partial charge < -0.3 is 14.8 Å². The molecule has 0 aromatic heterocycles. The first kappa shape index (κ1) is 23.2. The summed E-state index contributed by atoms with van der Waals surface area (Å²) in [6, 6.07) is 32.5. The molecule has 1 aliphatic rings. The van der Waals surface area contributed by atoms with E-state index in [2.05, 4.69) is 5.32 Å². The maximum Gasteiger partial charge on any atom is 0.261 e. The number of amides is 2. The first-order chi connectivity index (χ1) is 17.7. The summed E-state index contributed by atoms with van der Waals surface area (Å²) in [6.45, 7) is 1.50. The molecule has 0 aliphatic carbocycles. The zero-order chi connectivity index (χ0) is 24.7. The molecule has 0 atom stereocenters. The third-order valence-corrected chi connectivity index (χ3v) is 5.96. The van der Waals surface area contributed by atoms with E-state index in [-0.39, 0.29) is 18.4 Å². The molecular formula is C30H26N2O4. The SMILES string of the molecule is O=C1c2ccccc2C(=O)N1CCNc1ccc(OCc2ccccc2)c(OCc2ccccc2)c1. The Hall–Kier alpha value is -4.58. The first-order valence-electron chi connectivity index (χ1n) is 11.9. The van der Waals surface area contributed by atoms with Gasteiger partial charge in [0.05, 0.1) is 11.1 Å². The molecule has 2 amide bonds. The Labute approximate surface area is 210 Å². The maximum absolute atomic E-state index is 12.6. The number of hydrogen-bond acceptors (Lipinski definition) is 5. The Morgan fingerprint density at radius 2 is 1.14 bits per heavy atom. The molecule has 0 unspecified atom stereocenters. The van der Waals surface area contributed by atoms with Crippen LogP contribution in [0.15, 0.2) is 103 Å². The number of benzene rings is 4. The zero-order valence-electron chi connectivity index (χ0n) is 19.7. The molecule has 5 rings (SSSR count). The van der Waals surface area contributed by atoms with Crippen molar-refractivity contribution >= 4 is 17.5 Å². The normalized spacial score (nSPS) is 12.4. The number of carbonyl (C=O) groups excluding carboxylic acids is 2. The summed E-state index contributed by atoms with van der Waals surface area (Å²) < 4.78 is 12.2. The van der Waals surface area contributed by atoms with Crippen LogP contribution in [0.2, 0.25) is 0 Å². The Morgan fingerprint density at radius 1 is 0.611 bits per heavy atom. The molecule has 180 valence electrons. The molecule has 4 aromatic rings. The molecule has 1 N–H and O–H groups in total. The highest BCUT2D eigenvalue weighted by Crippen LogP contribution is 2.32. The minimum absolute atomic E-state index is 0.256. The molecule has 36 heavy (non-hydrogen) atoms. The summed E-state index contributed by atoms with van der Waals surface area (Å²) in [5.41, 5.74) is 3.84. The average molecular weight is 479 g/mol. The van der Waals surface area contributed by atoms with E-state index in [0.29, 0.717) is 42.4 Å². The zero-order valence-corrected chi connectivity index (χ0v) is 19.7. The standard InChI is InChI=1S/C30H26N2O4/c33-29-25-13-7-8-14-26(25)30(34)32(29)18-17-31-24-15-16-27(35-20-22-9-3-1-4-10-22)28(19-24)36-21-23-11-5-2-6-12-23/h1-16,19,31H,17-18,20-21H2. The van der Waals surface area contributed by atoms with Crippen LogP contribution in [0, 0.1) is 0 Å². The summed E-state index contributed by atoms with van der Waals surface area (Å²) in [7, 11) is 0. The van der Waals surface area contributed by atoms with Gasteiger partial charge in [0.1, 0.15) is 13.2 Å². The van der Waals surface area contributed by atoms with Gasteiger partial charge in [-0.05, 0) is 35.4 Å². The number of ether oxygens (including phenoxy) is 2. The first-order valence-corrected chi connectivity index (χ1v) is 11.9. The quantitative estimate of drug-likeness (QED) is 0.303. The van der Waals surface area contributed by atoms with Crippen molar-refractivity contribution in [2.75, 3.05) is 18.4 Å². The van der Waals surface area contributed by atoms with Crippen LogP contribution in [0.1, 0.15) is 31.8 Å². The number of fused-ring (bicyclic) bond motifs is 1. The van der Waals surface area contributed by atoms with Crippen LogP contribution < -0.4 is 14.8 Å². The van der Waals surface area contributed by atoms with Gasteiger partial charge in [0.2, 0.25) is 0 Å². The summed E-state index contributed by atoms with van der Waals surface area (Å²) in [5, 5.41) is 3.30. The van der Waals surface area contributed by atoms with Crippen molar-refractivity contribution in [1.29, 1.82) is 0 Å². The van der Waals surface area contributed by atoms with Gasteiger partial charge in [-0.2, -0.15) is 0 Å². The molecule has 6 heteroatoms. The fraction of sp³-hybridized carbons (Fsp3) is 0.133. The minimum Gasteiger partial charge on any atom is -0.485 e. The van der Waals surface area contributed by atoms with E-state index in [4.69, 9.17) is 9.47 Å². The number of carbonyl (C=O) groups is 2. The Morgan fingerprint density at radius 3 is 1.72 bits per heavy atom. The van der Waals surface area contributed by atoms with E-state index in [0.717, 1.165) is 16.8 Å². The van der Waals surface area contributed by atoms with E-state index >= 15 is 0 Å². The summed E-state index contributed by atoms with van der Waals surface area (Å²) in [5.74, 6) is 0.740. The van der Waals surface area contributed by atoms with Crippen molar-refractivity contribution in [3.05, 3.63) is 125 Å². The average Bonchev–Trinajstić information content (AvgIpc) is 3.17. The van der Waals surface area contributed by atoms with Crippen LogP contribution in [-0.2, 0) is 13.2 Å². The van der Waals surface area contributed by atoms with Gasteiger partial charge in [-0.15, -0.1) is 0 Å². The van der Waals surface area contributed by atoms with Gasteiger partial charge in [-0.1, -0.05) is 72.8 Å². The van der Waals surface area contributed by atoms with Crippen LogP contribution >= 0.6 is 0 Å². The van der Waals surface area contributed by atoms with Crippen LogP contribution in [-0.4, -0.2) is 29.8 Å². The van der Waals surface area contributed by atoms with E-state index in [1.165, 1.54) is 4.90 Å². The van der Waals surface area contributed by atoms with Crippen molar-refractivity contribution in [3.8, 4) is 11.5 Å².